The van der Waals surface area contributed by atoms with Gasteiger partial charge in [-0.15, -0.1) is 0 Å². The number of carbonyl (C=O) groups excluding carboxylic acids is 2. The van der Waals surface area contributed by atoms with Crippen LogP contribution < -0.4 is 16.4 Å². The molecule has 0 saturated carbocycles. The topological polar surface area (TPSA) is 84.2 Å². The number of hydrogen-bond acceptors (Lipinski definition) is 3. The van der Waals surface area contributed by atoms with Crippen molar-refractivity contribution in [1.82, 2.24) is 5.32 Å². The second-order valence-electron chi connectivity index (χ2n) is 5.33. The molecule has 0 bridgehead atoms. The normalized spacial score (nSPS) is 11.2. The number of benzene rings is 1. The molecule has 2 amide bonds. The van der Waals surface area contributed by atoms with Crippen LogP contribution in [0.2, 0.25) is 0 Å². The van der Waals surface area contributed by atoms with E-state index in [4.69, 9.17) is 5.73 Å². The quantitative estimate of drug-likeness (QED) is 0.781. The molecule has 1 aromatic carbocycles. The van der Waals surface area contributed by atoms with Gasteiger partial charge < -0.3 is 16.4 Å². The Morgan fingerprint density at radius 2 is 1.80 bits per heavy atom. The first-order valence-electron chi connectivity index (χ1n) is 5.94. The van der Waals surface area contributed by atoms with E-state index in [0.29, 0.717) is 6.07 Å². The molecule has 20 heavy (non-hydrogen) atoms. The van der Waals surface area contributed by atoms with Crippen LogP contribution in [0, 0.1) is 11.6 Å². The van der Waals surface area contributed by atoms with Gasteiger partial charge in [0.05, 0.1) is 17.8 Å². The number of nitrogens with two attached hydrogens (primary N) is 1. The molecule has 0 saturated heterocycles. The minimum absolute atomic E-state index is 0.0494. The van der Waals surface area contributed by atoms with Crippen LogP contribution in [0.25, 0.3) is 0 Å². The van der Waals surface area contributed by atoms with Crippen molar-refractivity contribution in [1.29, 1.82) is 0 Å². The number of nitrogens with one attached hydrogen (secondary N) is 2. The fourth-order valence-corrected chi connectivity index (χ4v) is 1.37. The number of primary amides is 1. The predicted octanol–water partition coefficient (Wildman–Crippen LogP) is 1.39. The second-order valence-corrected chi connectivity index (χ2v) is 5.33. The highest BCUT2D eigenvalue weighted by molar-refractivity contribution is 5.97. The van der Waals surface area contributed by atoms with Gasteiger partial charge >= 0.3 is 0 Å². The Morgan fingerprint density at radius 1 is 1.20 bits per heavy atom. The average molecular weight is 285 g/mol. The fourth-order valence-electron chi connectivity index (χ4n) is 1.37. The maximum absolute atomic E-state index is 13.5. The zero-order valence-electron chi connectivity index (χ0n) is 11.5. The Kier molecular flexibility index (Phi) is 4.78. The molecule has 0 aliphatic rings. The summed E-state index contributed by atoms with van der Waals surface area (Å²) in [7, 11) is 0. The average Bonchev–Trinajstić information content (AvgIpc) is 2.28. The molecule has 0 unspecified atom stereocenters. The Balaban J connectivity index is 2.85. The molecular weight excluding hydrogens is 268 g/mol. The molecule has 0 aliphatic heterocycles. The molecule has 0 aromatic heterocycles. The zero-order chi connectivity index (χ0) is 15.5. The minimum Gasteiger partial charge on any atom is -0.366 e. The van der Waals surface area contributed by atoms with Crippen LogP contribution in [0.1, 0.15) is 31.1 Å². The van der Waals surface area contributed by atoms with Gasteiger partial charge in [-0.3, -0.25) is 9.59 Å². The largest absolute Gasteiger partial charge is 0.366 e. The maximum Gasteiger partial charge on any atom is 0.251 e. The first-order valence-corrected chi connectivity index (χ1v) is 5.94. The third kappa shape index (κ3) is 4.58. The Hall–Kier alpha value is -2.02. The van der Waals surface area contributed by atoms with Crippen LogP contribution in [0.15, 0.2) is 12.1 Å². The predicted molar refractivity (Wildman–Crippen MR) is 71.3 cm³/mol. The van der Waals surface area contributed by atoms with E-state index in [1.165, 1.54) is 0 Å². The summed E-state index contributed by atoms with van der Waals surface area (Å²) < 4.78 is 26.8. The Bertz CT molecular complexity index is 539. The molecule has 0 atom stereocenters. The maximum atomic E-state index is 13.5. The Morgan fingerprint density at radius 3 is 2.30 bits per heavy atom. The Labute approximate surface area is 115 Å². The van der Waals surface area contributed by atoms with E-state index in [1.54, 1.807) is 0 Å². The molecule has 4 N–H and O–H groups in total. The van der Waals surface area contributed by atoms with Gasteiger partial charge in [0.15, 0.2) is 0 Å². The van der Waals surface area contributed by atoms with Gasteiger partial charge in [0.1, 0.15) is 11.6 Å². The number of halogens is 2. The molecule has 5 nitrogen and oxygen atoms in total. The third-order valence-electron chi connectivity index (χ3n) is 2.38. The van der Waals surface area contributed by atoms with Crippen molar-refractivity contribution in [2.45, 2.75) is 26.3 Å². The molecule has 0 radical (unpaired) electrons. The number of hydrogen-bond donors (Lipinski definition) is 3. The van der Waals surface area contributed by atoms with E-state index in [-0.39, 0.29) is 17.8 Å². The lowest BCUT2D eigenvalue weighted by Gasteiger charge is -2.20. The van der Waals surface area contributed by atoms with E-state index in [9.17, 15) is 18.4 Å². The van der Waals surface area contributed by atoms with Gasteiger partial charge in [-0.05, 0) is 26.8 Å². The molecule has 0 aliphatic carbocycles. The third-order valence-corrected chi connectivity index (χ3v) is 2.38. The van der Waals surface area contributed by atoms with E-state index >= 15 is 0 Å². The van der Waals surface area contributed by atoms with E-state index in [0.717, 1.165) is 6.07 Å². The molecule has 0 spiro atoms. The highest BCUT2D eigenvalue weighted by Gasteiger charge is 2.16. The second kappa shape index (κ2) is 5.96. The summed E-state index contributed by atoms with van der Waals surface area (Å²) >= 11 is 0. The van der Waals surface area contributed by atoms with Gasteiger partial charge in [-0.1, -0.05) is 0 Å². The fraction of sp³-hybridized carbons (Fsp3) is 0.385. The summed E-state index contributed by atoms with van der Waals surface area (Å²) in [5.41, 5.74) is 3.90. The van der Waals surface area contributed by atoms with Gasteiger partial charge in [0, 0.05) is 11.6 Å². The molecule has 110 valence electrons. The highest BCUT2D eigenvalue weighted by Crippen LogP contribution is 2.19. The van der Waals surface area contributed by atoms with E-state index in [1.807, 2.05) is 20.8 Å². The summed E-state index contributed by atoms with van der Waals surface area (Å²) in [6.45, 7) is 5.55. The summed E-state index contributed by atoms with van der Waals surface area (Å²) in [5, 5.41) is 5.16. The zero-order valence-corrected chi connectivity index (χ0v) is 11.5. The lowest BCUT2D eigenvalue weighted by atomic mass is 10.1. The van der Waals surface area contributed by atoms with Gasteiger partial charge in [0.25, 0.3) is 5.91 Å². The summed E-state index contributed by atoms with van der Waals surface area (Å²) in [6.07, 6.45) is 0. The minimum atomic E-state index is -1.07. The van der Waals surface area contributed by atoms with Crippen molar-refractivity contribution in [3.8, 4) is 0 Å². The van der Waals surface area contributed by atoms with E-state index in [2.05, 4.69) is 10.6 Å². The number of rotatable bonds is 4. The van der Waals surface area contributed by atoms with Crippen LogP contribution >= 0.6 is 0 Å². The van der Waals surface area contributed by atoms with Crippen LogP contribution in [0.5, 0.6) is 0 Å². The van der Waals surface area contributed by atoms with Crippen LogP contribution in [-0.2, 0) is 4.79 Å². The van der Waals surface area contributed by atoms with Gasteiger partial charge in [-0.2, -0.15) is 0 Å². The first kappa shape index (κ1) is 16.0. The number of carbonyl (C=O) groups is 2. The van der Waals surface area contributed by atoms with Gasteiger partial charge in [-0.25, -0.2) is 8.78 Å². The molecular formula is C13H17F2N3O2. The standard InChI is InChI=1S/C13H17F2N3O2/c1-13(2,3)17-6-11(19)18-10-4-7(12(16)20)8(14)5-9(10)15/h4-5,17H,6H2,1-3H3,(H2,16,20)(H,18,19). The van der Waals surface area contributed by atoms with E-state index < -0.39 is 29.0 Å². The van der Waals surface area contributed by atoms with Crippen molar-refractivity contribution in [3.63, 3.8) is 0 Å². The summed E-state index contributed by atoms with van der Waals surface area (Å²) in [6, 6.07) is 1.38. The van der Waals surface area contributed by atoms with Crippen LogP contribution in [0.4, 0.5) is 14.5 Å². The first-order chi connectivity index (χ1) is 9.10. The molecule has 7 heteroatoms. The monoisotopic (exact) mass is 285 g/mol. The summed E-state index contributed by atoms with van der Waals surface area (Å²) in [4.78, 5) is 22.6. The van der Waals surface area contributed by atoms with Crippen LogP contribution in [0.3, 0.4) is 0 Å². The molecule has 1 aromatic rings. The molecule has 1 rings (SSSR count). The van der Waals surface area contributed by atoms with Crippen molar-refractivity contribution < 1.29 is 18.4 Å². The van der Waals surface area contributed by atoms with Crippen LogP contribution in [-0.4, -0.2) is 23.9 Å². The van der Waals surface area contributed by atoms with Crippen molar-refractivity contribution >= 4 is 17.5 Å². The van der Waals surface area contributed by atoms with Gasteiger partial charge in [0.2, 0.25) is 5.91 Å². The molecule has 0 heterocycles. The summed E-state index contributed by atoms with van der Waals surface area (Å²) in [5.74, 6) is -3.59. The number of amides is 2. The molecule has 0 fully saturated rings. The highest BCUT2D eigenvalue weighted by atomic mass is 19.1. The smallest absolute Gasteiger partial charge is 0.251 e. The van der Waals surface area contributed by atoms with Crippen molar-refractivity contribution in [2.24, 2.45) is 5.73 Å². The van der Waals surface area contributed by atoms with Crippen molar-refractivity contribution in [2.75, 3.05) is 11.9 Å². The lowest BCUT2D eigenvalue weighted by molar-refractivity contribution is -0.115. The lowest BCUT2D eigenvalue weighted by Crippen LogP contribution is -2.41. The number of anilines is 1. The van der Waals surface area contributed by atoms with Crippen molar-refractivity contribution in [3.05, 3.63) is 29.3 Å². The SMILES string of the molecule is CC(C)(C)NCC(=O)Nc1cc(C(N)=O)c(F)cc1F.